The lowest BCUT2D eigenvalue weighted by Gasteiger charge is -2.07. The van der Waals surface area contributed by atoms with Gasteiger partial charge in [-0.15, -0.1) is 0 Å². The fourth-order valence-electron chi connectivity index (χ4n) is 2.05. The van der Waals surface area contributed by atoms with E-state index in [1.54, 1.807) is 0 Å². The fourth-order valence-corrected chi connectivity index (χ4v) is 2.05. The lowest BCUT2D eigenvalue weighted by atomic mass is 10.2. The summed E-state index contributed by atoms with van der Waals surface area (Å²) in [6.45, 7) is 4.79. The van der Waals surface area contributed by atoms with Crippen LogP contribution in [0.4, 0.5) is 0 Å². The number of carbonyl (C=O) groups is 2. The number of hydrazone groups is 2. The Hall–Kier alpha value is -3.36. The number of nitrogens with one attached hydrogen (secondary N) is 2. The van der Waals surface area contributed by atoms with Gasteiger partial charge in [0.2, 0.25) is 12.8 Å². The summed E-state index contributed by atoms with van der Waals surface area (Å²) in [6.07, 6.45) is 3.85. The number of ether oxygens (including phenoxy) is 2. The summed E-state index contributed by atoms with van der Waals surface area (Å²) in [5.41, 5.74) is 6.60. The van der Waals surface area contributed by atoms with Gasteiger partial charge in [0, 0.05) is 0 Å². The van der Waals surface area contributed by atoms with E-state index in [0.717, 1.165) is 11.1 Å². The van der Waals surface area contributed by atoms with Crippen LogP contribution in [0.2, 0.25) is 0 Å². The molecule has 0 bridgehead atoms. The van der Waals surface area contributed by atoms with Crippen molar-refractivity contribution in [2.24, 2.45) is 10.2 Å². The van der Waals surface area contributed by atoms with Gasteiger partial charge in [-0.25, -0.2) is 10.9 Å². The van der Waals surface area contributed by atoms with E-state index in [9.17, 15) is 9.59 Å². The Balaban J connectivity index is 0.000000300. The van der Waals surface area contributed by atoms with Gasteiger partial charge in [0.05, 0.1) is 37.9 Å². The number of carbonyl (C=O) groups excluding carboxylic acids is 2. The maximum Gasteiger partial charge on any atom is 0.227 e. The van der Waals surface area contributed by atoms with Crippen LogP contribution in [0.5, 0.6) is 0 Å². The fraction of sp³-hybridized carbons (Fsp3) is 0.273. The molecule has 2 aromatic rings. The Kier molecular flexibility index (Phi) is 13.6. The third-order valence-corrected chi connectivity index (χ3v) is 3.53. The molecule has 2 N–H and O–H groups in total. The molecule has 0 saturated carbocycles. The molecule has 160 valence electrons. The number of benzene rings is 2. The molecule has 2 rings (SSSR count). The van der Waals surface area contributed by atoms with Crippen molar-refractivity contribution >= 4 is 25.2 Å². The second-order valence-electron chi connectivity index (χ2n) is 6.05. The van der Waals surface area contributed by atoms with E-state index in [0.29, 0.717) is 26.0 Å². The molecule has 0 saturated heterocycles. The summed E-state index contributed by atoms with van der Waals surface area (Å²) in [6, 6.07) is 19.8. The van der Waals surface area contributed by atoms with Gasteiger partial charge in [-0.3, -0.25) is 9.59 Å². The van der Waals surface area contributed by atoms with Crippen LogP contribution in [0.25, 0.3) is 0 Å². The topological polar surface area (TPSA) is 101 Å². The summed E-state index contributed by atoms with van der Waals surface area (Å²) in [4.78, 5) is 19.8. The zero-order valence-corrected chi connectivity index (χ0v) is 17.2. The van der Waals surface area contributed by atoms with Crippen LogP contribution in [-0.2, 0) is 32.3 Å². The van der Waals surface area contributed by atoms with Crippen molar-refractivity contribution in [2.75, 3.05) is 0 Å². The number of rotatable bonds is 12. The molecule has 0 aromatic heterocycles. The highest BCUT2D eigenvalue weighted by Crippen LogP contribution is 2.03. The third-order valence-electron chi connectivity index (χ3n) is 3.53. The van der Waals surface area contributed by atoms with E-state index in [2.05, 4.69) is 21.1 Å². The van der Waals surface area contributed by atoms with Gasteiger partial charge in [-0.1, -0.05) is 60.7 Å². The van der Waals surface area contributed by atoms with Gasteiger partial charge >= 0.3 is 0 Å². The second kappa shape index (κ2) is 16.6. The van der Waals surface area contributed by atoms with Gasteiger partial charge in [0.15, 0.2) is 0 Å². The van der Waals surface area contributed by atoms with E-state index in [1.165, 1.54) is 12.4 Å². The smallest absolute Gasteiger partial charge is 0.227 e. The molecular weight excluding hydrogens is 384 g/mol. The van der Waals surface area contributed by atoms with Crippen molar-refractivity contribution in [3.05, 3.63) is 71.8 Å². The summed E-state index contributed by atoms with van der Waals surface area (Å²) in [5, 5.41) is 7.27. The summed E-state index contributed by atoms with van der Waals surface area (Å²) < 4.78 is 10.9. The lowest BCUT2D eigenvalue weighted by Crippen LogP contribution is -2.12. The van der Waals surface area contributed by atoms with Gasteiger partial charge in [-0.2, -0.15) is 10.2 Å². The monoisotopic (exact) mass is 412 g/mol. The standard InChI is InChI=1S/2C11H14N2O2/c2*1-10(7-12-13-9-14)15-8-11-5-3-2-4-6-11/h2*2-7,9-10H,8H2,1H3,(H,13,14). The summed E-state index contributed by atoms with van der Waals surface area (Å²) >= 11 is 0. The van der Waals surface area contributed by atoms with Crippen molar-refractivity contribution < 1.29 is 19.1 Å². The molecule has 0 aliphatic carbocycles. The Morgan fingerprint density at radius 3 is 1.43 bits per heavy atom. The van der Waals surface area contributed by atoms with Crippen LogP contribution in [0, 0.1) is 0 Å². The first-order valence-electron chi connectivity index (χ1n) is 9.41. The van der Waals surface area contributed by atoms with E-state index in [4.69, 9.17) is 9.47 Å². The largest absolute Gasteiger partial charge is 0.368 e. The van der Waals surface area contributed by atoms with Crippen LogP contribution in [0.15, 0.2) is 70.9 Å². The van der Waals surface area contributed by atoms with Gasteiger partial charge in [-0.05, 0) is 25.0 Å². The second-order valence-corrected chi connectivity index (χ2v) is 6.05. The molecule has 2 atom stereocenters. The maximum atomic E-state index is 9.90. The maximum absolute atomic E-state index is 9.90. The van der Waals surface area contributed by atoms with Gasteiger partial charge < -0.3 is 9.47 Å². The number of amides is 2. The highest BCUT2D eigenvalue weighted by atomic mass is 16.5. The molecule has 0 aliphatic heterocycles. The van der Waals surface area contributed by atoms with Crippen LogP contribution < -0.4 is 10.9 Å². The van der Waals surface area contributed by atoms with Crippen molar-refractivity contribution in [3.63, 3.8) is 0 Å². The highest BCUT2D eigenvalue weighted by Gasteiger charge is 1.99. The first-order valence-corrected chi connectivity index (χ1v) is 9.41. The molecule has 2 aromatic carbocycles. The zero-order valence-electron chi connectivity index (χ0n) is 17.2. The highest BCUT2D eigenvalue weighted by molar-refractivity contribution is 5.64. The molecule has 0 fully saturated rings. The Bertz CT molecular complexity index is 689. The van der Waals surface area contributed by atoms with Crippen molar-refractivity contribution in [1.29, 1.82) is 0 Å². The molecule has 8 nitrogen and oxygen atoms in total. The van der Waals surface area contributed by atoms with Gasteiger partial charge in [0.1, 0.15) is 0 Å². The number of hydrogen-bond donors (Lipinski definition) is 2. The lowest BCUT2D eigenvalue weighted by molar-refractivity contribution is -0.110. The van der Waals surface area contributed by atoms with Crippen molar-refractivity contribution in [2.45, 2.75) is 39.3 Å². The predicted octanol–water partition coefficient (Wildman–Crippen LogP) is 2.65. The zero-order chi connectivity index (χ0) is 21.9. The van der Waals surface area contributed by atoms with Crippen LogP contribution in [-0.4, -0.2) is 37.5 Å². The quantitative estimate of drug-likeness (QED) is 0.318. The Labute approximate surface area is 177 Å². The molecule has 2 unspecified atom stereocenters. The van der Waals surface area contributed by atoms with E-state index >= 15 is 0 Å². The predicted molar refractivity (Wildman–Crippen MR) is 117 cm³/mol. The molecule has 0 radical (unpaired) electrons. The Morgan fingerprint density at radius 1 is 0.733 bits per heavy atom. The minimum atomic E-state index is -0.127. The summed E-state index contributed by atoms with van der Waals surface area (Å²) in [7, 11) is 0. The first-order chi connectivity index (χ1) is 14.7. The van der Waals surface area contributed by atoms with Crippen molar-refractivity contribution in [3.8, 4) is 0 Å². The van der Waals surface area contributed by atoms with Gasteiger partial charge in [0.25, 0.3) is 0 Å². The number of nitrogens with zero attached hydrogens (tertiary/aromatic N) is 2. The van der Waals surface area contributed by atoms with E-state index in [1.807, 2.05) is 74.5 Å². The normalized spacial score (nSPS) is 12.6. The molecule has 2 amide bonds. The molecule has 8 heteroatoms. The molecular formula is C22H28N4O4. The summed E-state index contributed by atoms with van der Waals surface area (Å²) in [5.74, 6) is 0. The average molecular weight is 412 g/mol. The molecule has 0 heterocycles. The third kappa shape index (κ3) is 12.9. The SMILES string of the molecule is CC(C=NNC=O)OCc1ccccc1.CC(C=NNC=O)OCc1ccccc1. The minimum Gasteiger partial charge on any atom is -0.368 e. The first kappa shape index (κ1) is 24.7. The van der Waals surface area contributed by atoms with Crippen molar-refractivity contribution in [1.82, 2.24) is 10.9 Å². The van der Waals surface area contributed by atoms with E-state index < -0.39 is 0 Å². The van der Waals surface area contributed by atoms with Crippen LogP contribution >= 0.6 is 0 Å². The molecule has 0 spiro atoms. The van der Waals surface area contributed by atoms with Crippen LogP contribution in [0.3, 0.4) is 0 Å². The average Bonchev–Trinajstić information content (AvgIpc) is 2.78. The molecule has 0 aliphatic rings. The Morgan fingerprint density at radius 2 is 1.10 bits per heavy atom. The van der Waals surface area contributed by atoms with E-state index in [-0.39, 0.29) is 12.2 Å². The molecule has 30 heavy (non-hydrogen) atoms. The minimum absolute atomic E-state index is 0.127. The van der Waals surface area contributed by atoms with Crippen LogP contribution in [0.1, 0.15) is 25.0 Å². The number of hydrogen-bond acceptors (Lipinski definition) is 6.